The summed E-state index contributed by atoms with van der Waals surface area (Å²) in [6.45, 7) is 2.22. The average Bonchev–Trinajstić information content (AvgIpc) is 3.48. The van der Waals surface area contributed by atoms with E-state index >= 15 is 0 Å². The van der Waals surface area contributed by atoms with Gasteiger partial charge < -0.3 is 4.57 Å². The van der Waals surface area contributed by atoms with Crippen LogP contribution in [0.2, 0.25) is 0 Å². The molecule has 0 bridgehead atoms. The fourth-order valence-corrected chi connectivity index (χ4v) is 4.39. The van der Waals surface area contributed by atoms with Crippen LogP contribution in [0.3, 0.4) is 0 Å². The highest BCUT2D eigenvalue weighted by Gasteiger charge is 2.25. The van der Waals surface area contributed by atoms with Crippen LogP contribution in [0.1, 0.15) is 55.9 Å². The molecular weight excluding hydrogens is 374 g/mol. The van der Waals surface area contributed by atoms with Gasteiger partial charge in [-0.15, -0.1) is 15.3 Å². The van der Waals surface area contributed by atoms with Gasteiger partial charge in [0.2, 0.25) is 0 Å². The smallest absolute Gasteiger partial charge is 0.180 e. The third-order valence-corrected chi connectivity index (χ3v) is 5.91. The van der Waals surface area contributed by atoms with Crippen LogP contribution < -0.4 is 0 Å². The Hall–Kier alpha value is -3.35. The van der Waals surface area contributed by atoms with Gasteiger partial charge in [-0.1, -0.05) is 61.9 Å². The van der Waals surface area contributed by atoms with Crippen LogP contribution in [0, 0.1) is 0 Å². The summed E-state index contributed by atoms with van der Waals surface area (Å²) in [7, 11) is 0. The number of aryl methyl sites for hydroxylation is 2. The van der Waals surface area contributed by atoms with Gasteiger partial charge in [-0.3, -0.25) is 0 Å². The zero-order chi connectivity index (χ0) is 20.3. The Labute approximate surface area is 175 Å². The highest BCUT2D eigenvalue weighted by atomic mass is 15.5. The molecule has 0 saturated heterocycles. The van der Waals surface area contributed by atoms with Gasteiger partial charge in [-0.2, -0.15) is 0 Å². The van der Waals surface area contributed by atoms with E-state index in [2.05, 4.69) is 72.6 Å². The van der Waals surface area contributed by atoms with Gasteiger partial charge in [0.05, 0.1) is 6.04 Å². The van der Waals surface area contributed by atoms with Gasteiger partial charge >= 0.3 is 0 Å². The number of aromatic amines is 1. The van der Waals surface area contributed by atoms with E-state index in [1.165, 1.54) is 12.0 Å². The Bertz CT molecular complexity index is 1110. The minimum Gasteiger partial charge on any atom is -0.307 e. The quantitative estimate of drug-likeness (QED) is 0.520. The fraction of sp³-hybridized carbons (Fsp3) is 0.348. The largest absolute Gasteiger partial charge is 0.307 e. The second-order valence-corrected chi connectivity index (χ2v) is 7.83. The number of benzene rings is 2. The number of nitrogens with one attached hydrogen (secondary N) is 1. The van der Waals surface area contributed by atoms with Gasteiger partial charge in [-0.25, -0.2) is 5.10 Å². The van der Waals surface area contributed by atoms with Crippen LogP contribution in [-0.4, -0.2) is 35.4 Å². The van der Waals surface area contributed by atoms with Crippen LogP contribution in [0.15, 0.2) is 48.5 Å². The molecule has 1 aliphatic rings. The molecule has 1 atom stereocenters. The van der Waals surface area contributed by atoms with E-state index in [4.69, 9.17) is 0 Å². The average molecular weight is 400 g/mol. The maximum atomic E-state index is 4.51. The molecule has 0 saturated carbocycles. The molecule has 1 aliphatic heterocycles. The molecule has 152 valence electrons. The van der Waals surface area contributed by atoms with Crippen molar-refractivity contribution < 1.29 is 0 Å². The topological polar surface area (TPSA) is 85.2 Å². The molecule has 3 heterocycles. The molecule has 0 aliphatic carbocycles. The molecule has 1 unspecified atom stereocenters. The summed E-state index contributed by atoms with van der Waals surface area (Å²) in [5, 5.41) is 23.4. The van der Waals surface area contributed by atoms with Crippen molar-refractivity contribution in [1.82, 2.24) is 35.4 Å². The molecular formula is C23H25N7. The Morgan fingerprint density at radius 1 is 1.00 bits per heavy atom. The predicted octanol–water partition coefficient (Wildman–Crippen LogP) is 4.39. The molecule has 1 N–H and O–H groups in total. The molecule has 7 heteroatoms. The Morgan fingerprint density at radius 2 is 1.83 bits per heavy atom. The van der Waals surface area contributed by atoms with E-state index in [0.717, 1.165) is 60.4 Å². The number of rotatable bonds is 6. The first-order valence-corrected chi connectivity index (χ1v) is 10.7. The number of hydrogen-bond donors (Lipinski definition) is 1. The van der Waals surface area contributed by atoms with Crippen molar-refractivity contribution in [2.24, 2.45) is 0 Å². The lowest BCUT2D eigenvalue weighted by atomic mass is 9.93. The van der Waals surface area contributed by atoms with E-state index in [1.807, 2.05) is 18.2 Å². The predicted molar refractivity (Wildman–Crippen MR) is 115 cm³/mol. The molecule has 30 heavy (non-hydrogen) atoms. The standard InChI is InChI=1S/C23H25N7/c1-2-3-10-21-24-25-22-11-6-9-20(30(21)22)17-14-12-16(13-15-17)18-7-4-5-8-19(18)23-26-28-29-27-23/h4-5,7-8,12-15,20H,2-3,6,9-11H2,1H3,(H,26,27,28,29). The maximum Gasteiger partial charge on any atom is 0.180 e. The van der Waals surface area contributed by atoms with Crippen molar-refractivity contribution in [1.29, 1.82) is 0 Å². The van der Waals surface area contributed by atoms with Crippen molar-refractivity contribution in [2.75, 3.05) is 0 Å². The maximum absolute atomic E-state index is 4.51. The van der Waals surface area contributed by atoms with Gasteiger partial charge in [0, 0.05) is 18.4 Å². The lowest BCUT2D eigenvalue weighted by Crippen LogP contribution is -2.21. The van der Waals surface area contributed by atoms with Crippen LogP contribution in [0.4, 0.5) is 0 Å². The fourth-order valence-electron chi connectivity index (χ4n) is 4.39. The third kappa shape index (κ3) is 3.40. The van der Waals surface area contributed by atoms with Crippen LogP contribution in [0.25, 0.3) is 22.5 Å². The van der Waals surface area contributed by atoms with E-state index in [1.54, 1.807) is 0 Å². The SMILES string of the molecule is CCCCc1nnc2n1C(c1ccc(-c3ccccc3-c3nnn[nH]3)cc1)CCC2. The Balaban J connectivity index is 1.48. The monoisotopic (exact) mass is 399 g/mol. The molecule has 5 rings (SSSR count). The van der Waals surface area contributed by atoms with Crippen molar-refractivity contribution >= 4 is 0 Å². The summed E-state index contributed by atoms with van der Waals surface area (Å²) in [5.41, 5.74) is 4.57. The minimum absolute atomic E-state index is 0.318. The first-order chi connectivity index (χ1) is 14.8. The summed E-state index contributed by atoms with van der Waals surface area (Å²) in [4.78, 5) is 0. The normalized spacial score (nSPS) is 15.8. The van der Waals surface area contributed by atoms with Crippen molar-refractivity contribution in [2.45, 2.75) is 51.5 Å². The lowest BCUT2D eigenvalue weighted by Gasteiger charge is -2.27. The third-order valence-electron chi connectivity index (χ3n) is 5.91. The first kappa shape index (κ1) is 18.7. The molecule has 0 fully saturated rings. The van der Waals surface area contributed by atoms with E-state index < -0.39 is 0 Å². The van der Waals surface area contributed by atoms with E-state index in [0.29, 0.717) is 11.9 Å². The first-order valence-electron chi connectivity index (χ1n) is 10.7. The summed E-state index contributed by atoms with van der Waals surface area (Å²) in [5.74, 6) is 2.94. The minimum atomic E-state index is 0.318. The number of nitrogens with zero attached hydrogens (tertiary/aromatic N) is 6. The van der Waals surface area contributed by atoms with Crippen LogP contribution >= 0.6 is 0 Å². The van der Waals surface area contributed by atoms with Gasteiger partial charge in [0.25, 0.3) is 0 Å². The molecule has 2 aromatic carbocycles. The Kier molecular flexibility index (Phi) is 5.09. The van der Waals surface area contributed by atoms with Crippen molar-refractivity contribution in [3.05, 3.63) is 65.7 Å². The van der Waals surface area contributed by atoms with Gasteiger partial charge in [0.1, 0.15) is 11.6 Å². The van der Waals surface area contributed by atoms with Gasteiger partial charge in [0.15, 0.2) is 5.82 Å². The second kappa shape index (κ2) is 8.18. The number of aromatic nitrogens is 7. The van der Waals surface area contributed by atoms with Gasteiger partial charge in [-0.05, 0) is 46.4 Å². The summed E-state index contributed by atoms with van der Waals surface area (Å²) < 4.78 is 2.39. The number of H-pyrrole nitrogens is 1. The zero-order valence-corrected chi connectivity index (χ0v) is 17.1. The van der Waals surface area contributed by atoms with Crippen molar-refractivity contribution in [3.8, 4) is 22.5 Å². The summed E-state index contributed by atoms with van der Waals surface area (Å²) in [6, 6.07) is 17.4. The molecule has 2 aromatic heterocycles. The van der Waals surface area contributed by atoms with Crippen LogP contribution in [0.5, 0.6) is 0 Å². The molecule has 4 aromatic rings. The van der Waals surface area contributed by atoms with E-state index in [-0.39, 0.29) is 0 Å². The number of tetrazole rings is 1. The number of fused-ring (bicyclic) bond motifs is 1. The number of unbranched alkanes of at least 4 members (excludes halogenated alkanes) is 1. The summed E-state index contributed by atoms with van der Waals surface area (Å²) in [6.07, 6.45) is 6.62. The van der Waals surface area contributed by atoms with E-state index in [9.17, 15) is 0 Å². The Morgan fingerprint density at radius 3 is 2.60 bits per heavy atom. The molecule has 0 radical (unpaired) electrons. The van der Waals surface area contributed by atoms with Crippen LogP contribution in [-0.2, 0) is 12.8 Å². The second-order valence-electron chi connectivity index (χ2n) is 7.83. The zero-order valence-electron chi connectivity index (χ0n) is 17.1. The lowest BCUT2D eigenvalue weighted by molar-refractivity contribution is 0.436. The molecule has 0 amide bonds. The van der Waals surface area contributed by atoms with Crippen molar-refractivity contribution in [3.63, 3.8) is 0 Å². The number of hydrogen-bond acceptors (Lipinski definition) is 5. The molecule has 0 spiro atoms. The highest BCUT2D eigenvalue weighted by Crippen LogP contribution is 2.34. The molecule has 7 nitrogen and oxygen atoms in total. The highest BCUT2D eigenvalue weighted by molar-refractivity contribution is 5.80. The summed E-state index contributed by atoms with van der Waals surface area (Å²) >= 11 is 0.